The van der Waals surface area contributed by atoms with Gasteiger partial charge in [0.15, 0.2) is 5.01 Å². The molecule has 20 heavy (non-hydrogen) atoms. The van der Waals surface area contributed by atoms with Crippen LogP contribution in [0.2, 0.25) is 0 Å². The van der Waals surface area contributed by atoms with Gasteiger partial charge in [0.1, 0.15) is 12.0 Å². The van der Waals surface area contributed by atoms with Crippen molar-refractivity contribution in [3.8, 4) is 10.7 Å². The van der Waals surface area contributed by atoms with Gasteiger partial charge in [0.05, 0.1) is 6.04 Å². The zero-order valence-electron chi connectivity index (χ0n) is 11.2. The van der Waals surface area contributed by atoms with Gasteiger partial charge in [0.25, 0.3) is 0 Å². The molecule has 1 atom stereocenters. The molecule has 0 saturated carbocycles. The Morgan fingerprint density at radius 2 is 2.35 bits per heavy atom. The molecule has 106 valence electrons. The minimum Gasteiger partial charge on any atom is -0.364 e. The highest BCUT2D eigenvalue weighted by Crippen LogP contribution is 2.26. The summed E-state index contributed by atoms with van der Waals surface area (Å²) in [7, 11) is 0. The van der Waals surface area contributed by atoms with Crippen LogP contribution in [0.1, 0.15) is 20.3 Å². The average molecular weight is 293 g/mol. The molecule has 1 fully saturated rings. The van der Waals surface area contributed by atoms with Crippen molar-refractivity contribution in [2.24, 2.45) is 0 Å². The Hall–Kier alpha value is -1.96. The van der Waals surface area contributed by atoms with Crippen LogP contribution in [0.15, 0.2) is 16.9 Å². The average Bonchev–Trinajstić information content (AvgIpc) is 3.09. The lowest BCUT2D eigenvalue weighted by Crippen LogP contribution is -2.33. The molecule has 8 heteroatoms. The lowest BCUT2D eigenvalue weighted by Gasteiger charge is -2.20. The van der Waals surface area contributed by atoms with Gasteiger partial charge in [-0.1, -0.05) is 16.5 Å². The van der Waals surface area contributed by atoms with E-state index in [-0.39, 0.29) is 18.0 Å². The van der Waals surface area contributed by atoms with Crippen molar-refractivity contribution in [2.75, 3.05) is 11.9 Å². The van der Waals surface area contributed by atoms with E-state index < -0.39 is 0 Å². The summed E-state index contributed by atoms with van der Waals surface area (Å²) in [5, 5.41) is 16.6. The standard InChI is InChI=1S/C12H15N5O2S/c1-7(2)17-6-8(5-10(17)18)13-12-15-14-11(20-12)9-3-4-19-16-9/h3-4,7-8H,5-6H2,1-2H3,(H,13,15). The second-order valence-corrected chi connectivity index (χ2v) is 5.96. The largest absolute Gasteiger partial charge is 0.364 e. The lowest BCUT2D eigenvalue weighted by atomic mass is 10.3. The third kappa shape index (κ3) is 2.51. The van der Waals surface area contributed by atoms with Crippen LogP contribution in [0.25, 0.3) is 10.7 Å². The van der Waals surface area contributed by atoms with Crippen molar-refractivity contribution in [1.29, 1.82) is 0 Å². The third-order valence-electron chi connectivity index (χ3n) is 3.19. The van der Waals surface area contributed by atoms with Crippen molar-refractivity contribution >= 4 is 22.4 Å². The number of aromatic nitrogens is 3. The first kappa shape index (κ1) is 13.0. The summed E-state index contributed by atoms with van der Waals surface area (Å²) in [5.41, 5.74) is 0.668. The fourth-order valence-electron chi connectivity index (χ4n) is 2.21. The Labute approximate surface area is 120 Å². The number of carbonyl (C=O) groups excluding carboxylic acids is 1. The molecule has 0 bridgehead atoms. The van der Waals surface area contributed by atoms with E-state index in [2.05, 4.69) is 20.7 Å². The lowest BCUT2D eigenvalue weighted by molar-refractivity contribution is -0.129. The normalized spacial score (nSPS) is 19.1. The second kappa shape index (κ2) is 5.20. The van der Waals surface area contributed by atoms with Crippen LogP contribution in [0.5, 0.6) is 0 Å². The number of carbonyl (C=O) groups is 1. The Bertz CT molecular complexity index is 595. The maximum atomic E-state index is 11.8. The summed E-state index contributed by atoms with van der Waals surface area (Å²) in [6.45, 7) is 4.75. The molecule has 1 unspecified atom stereocenters. The van der Waals surface area contributed by atoms with Crippen LogP contribution >= 0.6 is 11.3 Å². The highest BCUT2D eigenvalue weighted by molar-refractivity contribution is 7.18. The van der Waals surface area contributed by atoms with Crippen LogP contribution in [0, 0.1) is 0 Å². The minimum absolute atomic E-state index is 0.0861. The van der Waals surface area contributed by atoms with E-state index in [1.165, 1.54) is 17.6 Å². The molecule has 3 heterocycles. The quantitative estimate of drug-likeness (QED) is 0.922. The van der Waals surface area contributed by atoms with Gasteiger partial charge in [0, 0.05) is 25.1 Å². The molecule has 1 aliphatic rings. The SMILES string of the molecule is CC(C)N1CC(Nc2nnc(-c3ccon3)s2)CC1=O. The molecule has 2 aromatic rings. The Morgan fingerprint density at radius 1 is 1.50 bits per heavy atom. The number of rotatable bonds is 4. The molecule has 1 amide bonds. The molecule has 0 aromatic carbocycles. The highest BCUT2D eigenvalue weighted by atomic mass is 32.1. The summed E-state index contributed by atoms with van der Waals surface area (Å²) < 4.78 is 4.78. The van der Waals surface area contributed by atoms with Crippen molar-refractivity contribution < 1.29 is 9.32 Å². The molecule has 0 aliphatic carbocycles. The summed E-state index contributed by atoms with van der Waals surface area (Å²) in [6.07, 6.45) is 2.00. The van der Waals surface area contributed by atoms with Gasteiger partial charge < -0.3 is 14.7 Å². The number of amides is 1. The Morgan fingerprint density at radius 3 is 3.00 bits per heavy atom. The maximum Gasteiger partial charge on any atom is 0.225 e. The van der Waals surface area contributed by atoms with Crippen LogP contribution in [0.3, 0.4) is 0 Å². The molecular formula is C12H15N5O2S. The summed E-state index contributed by atoms with van der Waals surface area (Å²) in [5.74, 6) is 0.179. The van der Waals surface area contributed by atoms with Gasteiger partial charge in [-0.15, -0.1) is 10.2 Å². The Balaban J connectivity index is 1.66. The van der Waals surface area contributed by atoms with Crippen LogP contribution in [0.4, 0.5) is 5.13 Å². The molecule has 1 saturated heterocycles. The van der Waals surface area contributed by atoms with Gasteiger partial charge in [0.2, 0.25) is 11.0 Å². The van der Waals surface area contributed by atoms with Crippen molar-refractivity contribution in [2.45, 2.75) is 32.4 Å². The first-order chi connectivity index (χ1) is 9.63. The molecule has 1 N–H and O–H groups in total. The predicted octanol–water partition coefficient (Wildman–Crippen LogP) is 1.61. The van der Waals surface area contributed by atoms with Gasteiger partial charge in [-0.3, -0.25) is 4.79 Å². The predicted molar refractivity (Wildman–Crippen MR) is 74.3 cm³/mol. The number of nitrogens with one attached hydrogen (secondary N) is 1. The highest BCUT2D eigenvalue weighted by Gasteiger charge is 2.31. The molecule has 2 aromatic heterocycles. The van der Waals surface area contributed by atoms with E-state index in [0.29, 0.717) is 28.8 Å². The van der Waals surface area contributed by atoms with E-state index in [0.717, 1.165) is 0 Å². The van der Waals surface area contributed by atoms with Crippen molar-refractivity contribution in [1.82, 2.24) is 20.3 Å². The summed E-state index contributed by atoms with van der Waals surface area (Å²) >= 11 is 1.40. The van der Waals surface area contributed by atoms with E-state index in [9.17, 15) is 4.79 Å². The van der Waals surface area contributed by atoms with E-state index in [1.807, 2.05) is 18.7 Å². The fraction of sp³-hybridized carbons (Fsp3) is 0.500. The smallest absolute Gasteiger partial charge is 0.225 e. The van der Waals surface area contributed by atoms with Crippen LogP contribution < -0.4 is 5.32 Å². The first-order valence-electron chi connectivity index (χ1n) is 6.43. The monoisotopic (exact) mass is 293 g/mol. The number of nitrogens with zero attached hydrogens (tertiary/aromatic N) is 4. The summed E-state index contributed by atoms with van der Waals surface area (Å²) in [4.78, 5) is 13.7. The third-order valence-corrected chi connectivity index (χ3v) is 4.07. The second-order valence-electron chi connectivity index (χ2n) is 4.98. The van der Waals surface area contributed by atoms with E-state index in [4.69, 9.17) is 4.52 Å². The zero-order valence-corrected chi connectivity index (χ0v) is 12.1. The molecular weight excluding hydrogens is 278 g/mol. The first-order valence-corrected chi connectivity index (χ1v) is 7.25. The Kier molecular flexibility index (Phi) is 3.39. The molecule has 3 rings (SSSR count). The van der Waals surface area contributed by atoms with Gasteiger partial charge in [-0.25, -0.2) is 0 Å². The fourth-order valence-corrected chi connectivity index (χ4v) is 2.99. The molecule has 0 spiro atoms. The minimum atomic E-state index is 0.0861. The maximum absolute atomic E-state index is 11.8. The van der Waals surface area contributed by atoms with Gasteiger partial charge in [-0.2, -0.15) is 0 Å². The number of hydrogen-bond acceptors (Lipinski definition) is 7. The topological polar surface area (TPSA) is 84.2 Å². The van der Waals surface area contributed by atoms with Gasteiger partial charge >= 0.3 is 0 Å². The molecule has 7 nitrogen and oxygen atoms in total. The van der Waals surface area contributed by atoms with E-state index >= 15 is 0 Å². The van der Waals surface area contributed by atoms with Crippen molar-refractivity contribution in [3.05, 3.63) is 12.3 Å². The summed E-state index contributed by atoms with van der Waals surface area (Å²) in [6, 6.07) is 2.06. The van der Waals surface area contributed by atoms with Crippen LogP contribution in [-0.4, -0.2) is 44.8 Å². The molecule has 0 radical (unpaired) electrons. The number of likely N-dealkylation sites (tertiary alicyclic amines) is 1. The van der Waals surface area contributed by atoms with E-state index in [1.54, 1.807) is 6.07 Å². The van der Waals surface area contributed by atoms with Gasteiger partial charge in [-0.05, 0) is 13.8 Å². The zero-order chi connectivity index (χ0) is 14.1. The number of hydrogen-bond donors (Lipinski definition) is 1. The number of anilines is 1. The van der Waals surface area contributed by atoms with Crippen LogP contribution in [-0.2, 0) is 4.79 Å². The van der Waals surface area contributed by atoms with Crippen molar-refractivity contribution in [3.63, 3.8) is 0 Å². The molecule has 1 aliphatic heterocycles.